The molecule has 0 bridgehead atoms. The van der Waals surface area contributed by atoms with Gasteiger partial charge in [0.05, 0.1) is 10.4 Å². The molecule has 1 saturated heterocycles. The molecular formula is C14H17BrFNO2. The van der Waals surface area contributed by atoms with Crippen LogP contribution in [0.15, 0.2) is 22.7 Å². The molecule has 0 amide bonds. The van der Waals surface area contributed by atoms with Gasteiger partial charge >= 0.3 is 5.97 Å². The summed E-state index contributed by atoms with van der Waals surface area (Å²) < 4.78 is 13.9. The third kappa shape index (κ3) is 3.34. The van der Waals surface area contributed by atoms with E-state index in [4.69, 9.17) is 0 Å². The first-order valence-electron chi connectivity index (χ1n) is 6.40. The number of aliphatic carboxylic acids is 1. The molecule has 1 N–H and O–H groups in total. The number of hydrogen-bond acceptors (Lipinski definition) is 2. The van der Waals surface area contributed by atoms with Crippen LogP contribution in [0.4, 0.5) is 4.39 Å². The van der Waals surface area contributed by atoms with Crippen LogP contribution in [0.1, 0.15) is 25.3 Å². The molecule has 1 aromatic rings. The number of hydrogen-bond donors (Lipinski definition) is 1. The van der Waals surface area contributed by atoms with Crippen molar-refractivity contribution in [1.82, 2.24) is 4.90 Å². The SMILES string of the molecule is C[C@@H]1[C@H](C(=O)O)CCCN1Cc1ccc(Br)c(F)c1. The van der Waals surface area contributed by atoms with Crippen LogP contribution in [0.3, 0.4) is 0 Å². The second-order valence-electron chi connectivity index (χ2n) is 5.05. The summed E-state index contributed by atoms with van der Waals surface area (Å²) in [4.78, 5) is 13.3. The minimum absolute atomic E-state index is 0.0158. The molecule has 1 aromatic carbocycles. The molecule has 0 saturated carbocycles. The zero-order valence-electron chi connectivity index (χ0n) is 10.8. The maximum absolute atomic E-state index is 13.5. The van der Waals surface area contributed by atoms with Crippen molar-refractivity contribution in [1.29, 1.82) is 0 Å². The normalized spacial score (nSPS) is 24.4. The number of rotatable bonds is 3. The Hall–Kier alpha value is -0.940. The van der Waals surface area contributed by atoms with Crippen LogP contribution in [0.5, 0.6) is 0 Å². The van der Waals surface area contributed by atoms with Crippen molar-refractivity contribution in [3.05, 3.63) is 34.1 Å². The number of likely N-dealkylation sites (tertiary alicyclic amines) is 1. The number of benzene rings is 1. The van der Waals surface area contributed by atoms with Gasteiger partial charge in [-0.2, -0.15) is 0 Å². The average Bonchev–Trinajstić information content (AvgIpc) is 2.36. The van der Waals surface area contributed by atoms with Crippen LogP contribution in [0.25, 0.3) is 0 Å². The molecule has 2 rings (SSSR count). The fourth-order valence-corrected chi connectivity index (χ4v) is 2.89. The number of carboxylic acids is 1. The highest BCUT2D eigenvalue weighted by Crippen LogP contribution is 2.26. The van der Waals surface area contributed by atoms with E-state index in [1.165, 1.54) is 6.07 Å². The average molecular weight is 330 g/mol. The molecule has 0 radical (unpaired) electrons. The lowest BCUT2D eigenvalue weighted by atomic mass is 9.90. The van der Waals surface area contributed by atoms with Crippen LogP contribution in [0, 0.1) is 11.7 Å². The number of piperidine rings is 1. The summed E-state index contributed by atoms with van der Waals surface area (Å²) in [5, 5.41) is 9.18. The quantitative estimate of drug-likeness (QED) is 0.925. The molecule has 1 heterocycles. The fraction of sp³-hybridized carbons (Fsp3) is 0.500. The van der Waals surface area contributed by atoms with E-state index < -0.39 is 5.97 Å². The molecule has 3 nitrogen and oxygen atoms in total. The molecule has 104 valence electrons. The van der Waals surface area contributed by atoms with Gasteiger partial charge in [-0.25, -0.2) is 4.39 Å². The predicted octanol–water partition coefficient (Wildman–Crippen LogP) is 3.27. The first-order valence-corrected chi connectivity index (χ1v) is 7.19. The monoisotopic (exact) mass is 329 g/mol. The van der Waals surface area contributed by atoms with Gasteiger partial charge in [-0.05, 0) is 59.9 Å². The van der Waals surface area contributed by atoms with Crippen molar-refractivity contribution >= 4 is 21.9 Å². The Morgan fingerprint density at radius 2 is 2.32 bits per heavy atom. The van der Waals surface area contributed by atoms with Crippen LogP contribution < -0.4 is 0 Å². The molecule has 2 atom stereocenters. The van der Waals surface area contributed by atoms with E-state index in [1.807, 2.05) is 13.0 Å². The number of carboxylic acid groups (broad SMARTS) is 1. The lowest BCUT2D eigenvalue weighted by Gasteiger charge is -2.37. The Morgan fingerprint density at radius 1 is 1.58 bits per heavy atom. The summed E-state index contributed by atoms with van der Waals surface area (Å²) >= 11 is 3.13. The summed E-state index contributed by atoms with van der Waals surface area (Å²) in [6, 6.07) is 5.04. The molecule has 1 fully saturated rings. The van der Waals surface area contributed by atoms with Crippen LogP contribution in [-0.4, -0.2) is 28.6 Å². The van der Waals surface area contributed by atoms with E-state index >= 15 is 0 Å². The van der Waals surface area contributed by atoms with Gasteiger partial charge in [0.1, 0.15) is 5.82 Å². The molecule has 1 aliphatic rings. The Morgan fingerprint density at radius 3 is 2.95 bits per heavy atom. The minimum atomic E-state index is -0.737. The second-order valence-corrected chi connectivity index (χ2v) is 5.90. The highest BCUT2D eigenvalue weighted by atomic mass is 79.9. The van der Waals surface area contributed by atoms with Gasteiger partial charge in [0, 0.05) is 12.6 Å². The van der Waals surface area contributed by atoms with Gasteiger partial charge in [-0.15, -0.1) is 0 Å². The lowest BCUT2D eigenvalue weighted by Crippen LogP contribution is -2.45. The maximum atomic E-state index is 13.5. The van der Waals surface area contributed by atoms with Gasteiger partial charge in [-0.3, -0.25) is 9.69 Å². The lowest BCUT2D eigenvalue weighted by molar-refractivity contribution is -0.145. The van der Waals surface area contributed by atoms with Crippen LogP contribution in [-0.2, 0) is 11.3 Å². The number of nitrogens with zero attached hydrogens (tertiary/aromatic N) is 1. The van der Waals surface area contributed by atoms with Crippen LogP contribution in [0.2, 0.25) is 0 Å². The Kier molecular flexibility index (Phi) is 4.58. The van der Waals surface area contributed by atoms with Crippen molar-refractivity contribution in [2.45, 2.75) is 32.4 Å². The first kappa shape index (κ1) is 14.5. The smallest absolute Gasteiger partial charge is 0.308 e. The third-order valence-electron chi connectivity index (χ3n) is 3.81. The molecule has 19 heavy (non-hydrogen) atoms. The molecule has 0 unspecified atom stereocenters. The zero-order valence-corrected chi connectivity index (χ0v) is 12.4. The topological polar surface area (TPSA) is 40.5 Å². The molecule has 1 aliphatic heterocycles. The standard InChI is InChI=1S/C14H17BrFNO2/c1-9-11(14(18)19)3-2-6-17(9)8-10-4-5-12(15)13(16)7-10/h4-5,7,9,11H,2-3,6,8H2,1H3,(H,18,19)/t9-,11-/m1/s1. The van der Waals surface area contributed by atoms with Gasteiger partial charge in [-0.1, -0.05) is 6.07 Å². The highest BCUT2D eigenvalue weighted by Gasteiger charge is 2.32. The summed E-state index contributed by atoms with van der Waals surface area (Å²) in [6.07, 6.45) is 1.60. The summed E-state index contributed by atoms with van der Waals surface area (Å²) in [5.74, 6) is -1.34. The van der Waals surface area contributed by atoms with Gasteiger partial charge < -0.3 is 5.11 Å². The fourth-order valence-electron chi connectivity index (χ4n) is 2.64. The van der Waals surface area contributed by atoms with Crippen molar-refractivity contribution in [2.75, 3.05) is 6.54 Å². The summed E-state index contributed by atoms with van der Waals surface area (Å²) in [7, 11) is 0. The van der Waals surface area contributed by atoms with E-state index in [0.717, 1.165) is 24.9 Å². The molecule has 5 heteroatoms. The number of halogens is 2. The van der Waals surface area contributed by atoms with Crippen molar-refractivity contribution in [3.63, 3.8) is 0 Å². The first-order chi connectivity index (χ1) is 8.99. The molecule has 0 aromatic heterocycles. The Labute approximate surface area is 120 Å². The predicted molar refractivity (Wildman–Crippen MR) is 74.3 cm³/mol. The highest BCUT2D eigenvalue weighted by molar-refractivity contribution is 9.10. The van der Waals surface area contributed by atoms with Gasteiger partial charge in [0.15, 0.2) is 0 Å². The third-order valence-corrected chi connectivity index (χ3v) is 4.45. The van der Waals surface area contributed by atoms with E-state index in [0.29, 0.717) is 11.0 Å². The number of carbonyl (C=O) groups is 1. The second kappa shape index (κ2) is 6.01. The van der Waals surface area contributed by atoms with Crippen molar-refractivity contribution < 1.29 is 14.3 Å². The van der Waals surface area contributed by atoms with Crippen molar-refractivity contribution in [3.8, 4) is 0 Å². The minimum Gasteiger partial charge on any atom is -0.481 e. The van der Waals surface area contributed by atoms with Crippen LogP contribution >= 0.6 is 15.9 Å². The molecule has 0 spiro atoms. The molecular weight excluding hydrogens is 313 g/mol. The summed E-state index contributed by atoms with van der Waals surface area (Å²) in [6.45, 7) is 3.39. The summed E-state index contributed by atoms with van der Waals surface area (Å²) in [5.41, 5.74) is 0.874. The van der Waals surface area contributed by atoms with Gasteiger partial charge in [0.25, 0.3) is 0 Å². The maximum Gasteiger partial charge on any atom is 0.308 e. The van der Waals surface area contributed by atoms with Gasteiger partial charge in [0.2, 0.25) is 0 Å². The van der Waals surface area contributed by atoms with Crippen molar-refractivity contribution in [2.24, 2.45) is 5.92 Å². The van der Waals surface area contributed by atoms with E-state index in [2.05, 4.69) is 20.8 Å². The van der Waals surface area contributed by atoms with E-state index in [-0.39, 0.29) is 17.8 Å². The Balaban J connectivity index is 2.09. The molecule has 0 aliphatic carbocycles. The van der Waals surface area contributed by atoms with E-state index in [9.17, 15) is 14.3 Å². The Bertz CT molecular complexity index is 481. The zero-order chi connectivity index (χ0) is 14.0. The van der Waals surface area contributed by atoms with E-state index in [1.54, 1.807) is 6.07 Å². The largest absolute Gasteiger partial charge is 0.481 e.